The first-order valence-electron chi connectivity index (χ1n) is 12.3. The first-order chi connectivity index (χ1) is 14.2. The maximum absolute atomic E-state index is 12.6. The van der Waals surface area contributed by atoms with E-state index in [1.807, 2.05) is 0 Å². The minimum absolute atomic E-state index is 0.0186. The highest BCUT2D eigenvalue weighted by Crippen LogP contribution is 2.45. The zero-order valence-corrected chi connectivity index (χ0v) is 19.4. The molecule has 6 nitrogen and oxygen atoms in total. The zero-order chi connectivity index (χ0) is 21.6. The fraction of sp³-hybridized carbons (Fsp3) is 0.917. The van der Waals surface area contributed by atoms with Crippen LogP contribution in [0.1, 0.15) is 104 Å². The van der Waals surface area contributed by atoms with Gasteiger partial charge in [0, 0.05) is 24.7 Å². The molecule has 0 radical (unpaired) electrons. The Morgan fingerprint density at radius 2 is 1.20 bits per heavy atom. The van der Waals surface area contributed by atoms with E-state index in [1.54, 1.807) is 0 Å². The molecule has 30 heavy (non-hydrogen) atoms. The van der Waals surface area contributed by atoms with Crippen molar-refractivity contribution < 1.29 is 9.59 Å². The number of hydrogen-bond acceptors (Lipinski definition) is 2. The van der Waals surface area contributed by atoms with Crippen LogP contribution in [0.4, 0.5) is 9.59 Å². The van der Waals surface area contributed by atoms with Crippen molar-refractivity contribution >= 4 is 12.1 Å². The Bertz CT molecular complexity index is 582. The van der Waals surface area contributed by atoms with Gasteiger partial charge in [-0.05, 0) is 55.8 Å². The summed E-state index contributed by atoms with van der Waals surface area (Å²) in [6, 6.07) is 0.741. The van der Waals surface area contributed by atoms with Gasteiger partial charge in [-0.2, -0.15) is 0 Å². The third-order valence-corrected chi connectivity index (χ3v) is 7.34. The molecule has 0 bridgehead atoms. The van der Waals surface area contributed by atoms with E-state index in [1.165, 1.54) is 38.5 Å². The van der Waals surface area contributed by atoms with Crippen LogP contribution in [0.25, 0.3) is 0 Å². The summed E-state index contributed by atoms with van der Waals surface area (Å²) in [5, 5.41) is 12.7. The van der Waals surface area contributed by atoms with Crippen molar-refractivity contribution in [2.24, 2.45) is 10.8 Å². The van der Waals surface area contributed by atoms with E-state index in [0.29, 0.717) is 18.6 Å². The highest BCUT2D eigenvalue weighted by atomic mass is 16.2. The van der Waals surface area contributed by atoms with Gasteiger partial charge in [0.1, 0.15) is 0 Å². The summed E-state index contributed by atoms with van der Waals surface area (Å²) in [5.74, 6) is 0. The Kier molecular flexibility index (Phi) is 7.92. The van der Waals surface area contributed by atoms with E-state index in [0.717, 1.165) is 44.9 Å². The lowest BCUT2D eigenvalue weighted by Crippen LogP contribution is -2.54. The van der Waals surface area contributed by atoms with Gasteiger partial charge in [0.15, 0.2) is 0 Å². The van der Waals surface area contributed by atoms with Crippen molar-refractivity contribution in [1.29, 1.82) is 0 Å². The molecule has 0 heterocycles. The van der Waals surface area contributed by atoms with Gasteiger partial charge in [-0.15, -0.1) is 0 Å². The fourth-order valence-electron chi connectivity index (χ4n) is 6.31. The SMILES string of the molecule is CC1(C)C[C@@H](NC(=O)NC2CCCCC2)C[C@@](C)(CNC(=O)NC2CCCCC2)C1. The summed E-state index contributed by atoms with van der Waals surface area (Å²) in [5.41, 5.74) is 0.117. The van der Waals surface area contributed by atoms with Crippen LogP contribution in [0.15, 0.2) is 0 Å². The van der Waals surface area contributed by atoms with Gasteiger partial charge in [-0.1, -0.05) is 59.3 Å². The third-order valence-electron chi connectivity index (χ3n) is 7.34. The molecule has 0 aromatic carbocycles. The minimum Gasteiger partial charge on any atom is -0.338 e. The van der Waals surface area contributed by atoms with E-state index in [4.69, 9.17) is 0 Å². The van der Waals surface area contributed by atoms with Gasteiger partial charge in [-0.25, -0.2) is 9.59 Å². The van der Waals surface area contributed by atoms with Crippen molar-refractivity contribution in [3.63, 3.8) is 0 Å². The van der Waals surface area contributed by atoms with Crippen LogP contribution in [0, 0.1) is 10.8 Å². The molecule has 3 aliphatic rings. The molecule has 0 aliphatic heterocycles. The lowest BCUT2D eigenvalue weighted by molar-refractivity contribution is 0.0745. The van der Waals surface area contributed by atoms with Crippen molar-refractivity contribution in [2.45, 2.75) is 122 Å². The molecule has 6 heteroatoms. The maximum Gasteiger partial charge on any atom is 0.315 e. The van der Waals surface area contributed by atoms with E-state index >= 15 is 0 Å². The molecule has 4 amide bonds. The molecule has 0 aromatic rings. The van der Waals surface area contributed by atoms with Crippen LogP contribution in [0.2, 0.25) is 0 Å². The summed E-state index contributed by atoms with van der Waals surface area (Å²) in [4.78, 5) is 25.0. The highest BCUT2D eigenvalue weighted by molar-refractivity contribution is 5.75. The topological polar surface area (TPSA) is 82.3 Å². The van der Waals surface area contributed by atoms with Crippen LogP contribution >= 0.6 is 0 Å². The minimum atomic E-state index is -0.0361. The van der Waals surface area contributed by atoms with Crippen molar-refractivity contribution in [1.82, 2.24) is 21.3 Å². The van der Waals surface area contributed by atoms with Gasteiger partial charge < -0.3 is 21.3 Å². The summed E-state index contributed by atoms with van der Waals surface area (Å²) in [7, 11) is 0. The van der Waals surface area contributed by atoms with E-state index in [9.17, 15) is 9.59 Å². The molecule has 0 spiro atoms. The summed E-state index contributed by atoms with van der Waals surface area (Å²) >= 11 is 0. The molecule has 0 unspecified atom stereocenters. The number of amides is 4. The first-order valence-corrected chi connectivity index (χ1v) is 12.3. The molecule has 4 N–H and O–H groups in total. The van der Waals surface area contributed by atoms with Crippen molar-refractivity contribution in [3.8, 4) is 0 Å². The molecule has 3 rings (SSSR count). The van der Waals surface area contributed by atoms with Crippen LogP contribution in [-0.4, -0.2) is 36.7 Å². The van der Waals surface area contributed by atoms with Crippen LogP contribution in [0.3, 0.4) is 0 Å². The zero-order valence-electron chi connectivity index (χ0n) is 19.4. The molecule has 3 fully saturated rings. The highest BCUT2D eigenvalue weighted by Gasteiger charge is 2.42. The Balaban J connectivity index is 1.48. The van der Waals surface area contributed by atoms with Crippen LogP contribution in [-0.2, 0) is 0 Å². The fourth-order valence-corrected chi connectivity index (χ4v) is 6.31. The Labute approximate surface area is 183 Å². The standard InChI is InChI=1S/C24H44N4O2/c1-23(2)14-20(28-22(30)27-19-12-8-5-9-13-19)15-24(3,16-23)17-25-21(29)26-18-10-6-4-7-11-18/h18-20H,4-17H2,1-3H3,(H2,25,26,29)(H2,27,28,30)/t20-,24-/m1/s1. The first kappa shape index (κ1) is 23.2. The second kappa shape index (κ2) is 10.2. The number of carbonyl (C=O) groups is 2. The summed E-state index contributed by atoms with van der Waals surface area (Å²) in [6.07, 6.45) is 14.8. The largest absolute Gasteiger partial charge is 0.338 e. The molecular weight excluding hydrogens is 376 g/mol. The Morgan fingerprint density at radius 3 is 1.77 bits per heavy atom. The number of nitrogens with one attached hydrogen (secondary N) is 4. The second-order valence-corrected chi connectivity index (χ2v) is 11.4. The average Bonchev–Trinajstić information content (AvgIpc) is 2.66. The molecule has 0 saturated heterocycles. The number of rotatable bonds is 5. The molecule has 0 aromatic heterocycles. The monoisotopic (exact) mass is 420 g/mol. The number of urea groups is 2. The summed E-state index contributed by atoms with van der Waals surface area (Å²) in [6.45, 7) is 7.46. The third kappa shape index (κ3) is 7.35. The van der Waals surface area contributed by atoms with Crippen molar-refractivity contribution in [2.75, 3.05) is 6.54 Å². The smallest absolute Gasteiger partial charge is 0.315 e. The number of carbonyl (C=O) groups excluding carboxylic acids is 2. The second-order valence-electron chi connectivity index (χ2n) is 11.4. The predicted octanol–water partition coefficient (Wildman–Crippen LogP) is 4.84. The molecule has 2 atom stereocenters. The molecule has 3 saturated carbocycles. The molecule has 3 aliphatic carbocycles. The number of hydrogen-bond donors (Lipinski definition) is 4. The van der Waals surface area contributed by atoms with Gasteiger partial charge in [0.25, 0.3) is 0 Å². The lowest BCUT2D eigenvalue weighted by atomic mass is 9.62. The van der Waals surface area contributed by atoms with E-state index < -0.39 is 0 Å². The maximum atomic E-state index is 12.6. The van der Waals surface area contributed by atoms with Gasteiger partial charge in [-0.3, -0.25) is 0 Å². The molecule has 172 valence electrons. The lowest BCUT2D eigenvalue weighted by Gasteiger charge is -2.47. The summed E-state index contributed by atoms with van der Waals surface area (Å²) < 4.78 is 0. The Hall–Kier alpha value is -1.46. The van der Waals surface area contributed by atoms with Crippen LogP contribution in [0.5, 0.6) is 0 Å². The Morgan fingerprint density at radius 1 is 0.700 bits per heavy atom. The van der Waals surface area contributed by atoms with Gasteiger partial charge in [0.2, 0.25) is 0 Å². The molecular formula is C24H44N4O2. The van der Waals surface area contributed by atoms with E-state index in [-0.39, 0.29) is 28.9 Å². The quantitative estimate of drug-likeness (QED) is 0.513. The van der Waals surface area contributed by atoms with Crippen LogP contribution < -0.4 is 21.3 Å². The normalized spacial score (nSPS) is 30.3. The van der Waals surface area contributed by atoms with Crippen molar-refractivity contribution in [3.05, 3.63) is 0 Å². The van der Waals surface area contributed by atoms with Gasteiger partial charge >= 0.3 is 12.1 Å². The predicted molar refractivity (Wildman–Crippen MR) is 121 cm³/mol. The average molecular weight is 421 g/mol. The van der Waals surface area contributed by atoms with Gasteiger partial charge in [0.05, 0.1) is 0 Å². The van der Waals surface area contributed by atoms with E-state index in [2.05, 4.69) is 42.0 Å².